The molecular weight excluding hydrogens is 238 g/mol. The maximum absolute atomic E-state index is 9.75. The van der Waals surface area contributed by atoms with Crippen molar-refractivity contribution in [2.24, 2.45) is 0 Å². The Kier molecular flexibility index (Phi) is 3.63. The van der Waals surface area contributed by atoms with E-state index < -0.39 is 0 Å². The van der Waals surface area contributed by atoms with Crippen molar-refractivity contribution in [1.82, 2.24) is 14.5 Å². The Balaban J connectivity index is 1.84. The molecule has 4 heteroatoms. The minimum absolute atomic E-state index is 0.199. The van der Waals surface area contributed by atoms with Gasteiger partial charge in [0.2, 0.25) is 0 Å². The zero-order valence-corrected chi connectivity index (χ0v) is 12.0. The van der Waals surface area contributed by atoms with Crippen LogP contribution in [0.3, 0.4) is 0 Å². The van der Waals surface area contributed by atoms with Gasteiger partial charge in [0, 0.05) is 25.2 Å². The molecule has 0 aromatic carbocycles. The fraction of sp³-hybridized carbons (Fsp3) is 0.800. The Morgan fingerprint density at radius 1 is 1.26 bits per heavy atom. The van der Waals surface area contributed by atoms with Crippen LogP contribution in [0.5, 0.6) is 0 Å². The number of imidazole rings is 1. The van der Waals surface area contributed by atoms with Gasteiger partial charge < -0.3 is 9.67 Å². The average Bonchev–Trinajstić information content (AvgIpc) is 2.81. The van der Waals surface area contributed by atoms with Crippen molar-refractivity contribution in [1.29, 1.82) is 0 Å². The number of aryl methyl sites for hydroxylation is 1. The number of aromatic nitrogens is 2. The van der Waals surface area contributed by atoms with Gasteiger partial charge in [-0.1, -0.05) is 6.42 Å². The summed E-state index contributed by atoms with van der Waals surface area (Å²) in [7, 11) is 0. The van der Waals surface area contributed by atoms with E-state index in [0.29, 0.717) is 18.5 Å². The van der Waals surface area contributed by atoms with Crippen LogP contribution in [0.25, 0.3) is 0 Å². The van der Waals surface area contributed by atoms with Crippen LogP contribution in [0.4, 0.5) is 0 Å². The van der Waals surface area contributed by atoms with E-state index in [9.17, 15) is 5.11 Å². The number of nitrogens with zero attached hydrogens (tertiary/aromatic N) is 3. The van der Waals surface area contributed by atoms with Gasteiger partial charge in [-0.15, -0.1) is 0 Å². The van der Waals surface area contributed by atoms with Crippen LogP contribution in [0, 0.1) is 0 Å². The second-order valence-corrected chi connectivity index (χ2v) is 6.27. The summed E-state index contributed by atoms with van der Waals surface area (Å²) in [6, 6.07) is 1.05. The molecule has 1 N–H and O–H groups in total. The SMILES string of the molecule is CC(C)N1CCCCC1c1cn2c(n1)CC(O)CC2. The van der Waals surface area contributed by atoms with Gasteiger partial charge in [0.05, 0.1) is 17.8 Å². The van der Waals surface area contributed by atoms with Gasteiger partial charge >= 0.3 is 0 Å². The Morgan fingerprint density at radius 2 is 2.11 bits per heavy atom. The first kappa shape index (κ1) is 13.1. The van der Waals surface area contributed by atoms with E-state index in [2.05, 4.69) is 29.5 Å². The summed E-state index contributed by atoms with van der Waals surface area (Å²) in [5.41, 5.74) is 1.22. The van der Waals surface area contributed by atoms with E-state index in [-0.39, 0.29) is 6.10 Å². The van der Waals surface area contributed by atoms with E-state index in [1.54, 1.807) is 0 Å². The molecule has 1 aromatic rings. The van der Waals surface area contributed by atoms with E-state index in [1.807, 2.05) is 0 Å². The fourth-order valence-electron chi connectivity index (χ4n) is 3.48. The van der Waals surface area contributed by atoms with Gasteiger partial charge in [-0.05, 0) is 39.7 Å². The molecule has 1 aromatic heterocycles. The smallest absolute Gasteiger partial charge is 0.111 e. The molecule has 0 spiro atoms. The van der Waals surface area contributed by atoms with Crippen LogP contribution in [-0.2, 0) is 13.0 Å². The van der Waals surface area contributed by atoms with Crippen LogP contribution in [0.1, 0.15) is 57.1 Å². The molecule has 2 atom stereocenters. The molecule has 19 heavy (non-hydrogen) atoms. The van der Waals surface area contributed by atoms with Gasteiger partial charge in [0.1, 0.15) is 5.82 Å². The Bertz CT molecular complexity index is 441. The van der Waals surface area contributed by atoms with Gasteiger partial charge in [0.15, 0.2) is 0 Å². The lowest BCUT2D eigenvalue weighted by molar-refractivity contribution is 0.109. The summed E-state index contributed by atoms with van der Waals surface area (Å²) < 4.78 is 2.25. The lowest BCUT2D eigenvalue weighted by Crippen LogP contribution is -2.38. The third kappa shape index (κ3) is 2.56. The highest BCUT2D eigenvalue weighted by atomic mass is 16.3. The lowest BCUT2D eigenvalue weighted by atomic mass is 9.98. The second kappa shape index (κ2) is 5.25. The molecule has 0 aliphatic carbocycles. The minimum Gasteiger partial charge on any atom is -0.393 e. The topological polar surface area (TPSA) is 41.3 Å². The Morgan fingerprint density at radius 3 is 2.89 bits per heavy atom. The Hall–Kier alpha value is -0.870. The standard InChI is InChI=1S/C15H25N3O/c1-11(2)18-7-4-3-5-14(18)13-10-17-8-6-12(19)9-15(17)16-13/h10-12,14,19H,3-9H2,1-2H3. The molecule has 1 saturated heterocycles. The summed E-state index contributed by atoms with van der Waals surface area (Å²) in [5, 5.41) is 9.75. The molecule has 0 radical (unpaired) electrons. The van der Waals surface area contributed by atoms with Crippen molar-refractivity contribution < 1.29 is 5.11 Å². The normalized spacial score (nSPS) is 28.6. The number of piperidine rings is 1. The van der Waals surface area contributed by atoms with E-state index in [0.717, 1.165) is 18.8 Å². The van der Waals surface area contributed by atoms with E-state index in [1.165, 1.54) is 31.5 Å². The van der Waals surface area contributed by atoms with Crippen molar-refractivity contribution in [3.63, 3.8) is 0 Å². The second-order valence-electron chi connectivity index (χ2n) is 6.27. The van der Waals surface area contributed by atoms with E-state index >= 15 is 0 Å². The van der Waals surface area contributed by atoms with Crippen LogP contribution < -0.4 is 0 Å². The van der Waals surface area contributed by atoms with Gasteiger partial charge in [-0.2, -0.15) is 0 Å². The van der Waals surface area contributed by atoms with Crippen molar-refractivity contribution >= 4 is 0 Å². The summed E-state index contributed by atoms with van der Waals surface area (Å²) in [6.07, 6.45) is 7.44. The maximum Gasteiger partial charge on any atom is 0.111 e. The molecule has 1 fully saturated rings. The van der Waals surface area contributed by atoms with Gasteiger partial charge in [-0.3, -0.25) is 4.90 Å². The zero-order chi connectivity index (χ0) is 13.4. The molecular formula is C15H25N3O. The highest BCUT2D eigenvalue weighted by Gasteiger charge is 2.29. The molecule has 0 amide bonds. The summed E-state index contributed by atoms with van der Waals surface area (Å²) in [5.74, 6) is 1.07. The molecule has 0 saturated carbocycles. The Labute approximate surface area is 115 Å². The zero-order valence-electron chi connectivity index (χ0n) is 12.0. The number of rotatable bonds is 2. The highest BCUT2D eigenvalue weighted by molar-refractivity contribution is 5.12. The first-order chi connectivity index (χ1) is 9.15. The molecule has 2 unspecified atom stereocenters. The molecule has 2 aliphatic heterocycles. The monoisotopic (exact) mass is 263 g/mol. The van der Waals surface area contributed by atoms with Crippen LogP contribution in [0.2, 0.25) is 0 Å². The number of fused-ring (bicyclic) bond motifs is 1. The minimum atomic E-state index is -0.199. The maximum atomic E-state index is 9.75. The molecule has 3 rings (SSSR count). The van der Waals surface area contributed by atoms with Crippen molar-refractivity contribution in [3.05, 3.63) is 17.7 Å². The number of aliphatic hydroxyl groups excluding tert-OH is 1. The molecule has 0 bridgehead atoms. The summed E-state index contributed by atoms with van der Waals surface area (Å²) in [4.78, 5) is 7.40. The first-order valence-corrected chi connectivity index (χ1v) is 7.65. The van der Waals surface area contributed by atoms with Crippen molar-refractivity contribution in [2.45, 2.75) is 70.7 Å². The predicted molar refractivity (Wildman–Crippen MR) is 75.0 cm³/mol. The van der Waals surface area contributed by atoms with Crippen LogP contribution in [0.15, 0.2) is 6.20 Å². The van der Waals surface area contributed by atoms with Gasteiger partial charge in [0.25, 0.3) is 0 Å². The van der Waals surface area contributed by atoms with Crippen molar-refractivity contribution in [3.8, 4) is 0 Å². The predicted octanol–water partition coefficient (Wildman–Crippen LogP) is 2.13. The largest absolute Gasteiger partial charge is 0.393 e. The van der Waals surface area contributed by atoms with Gasteiger partial charge in [-0.25, -0.2) is 4.98 Å². The average molecular weight is 263 g/mol. The van der Waals surface area contributed by atoms with Crippen LogP contribution in [-0.4, -0.2) is 38.2 Å². The van der Waals surface area contributed by atoms with Crippen molar-refractivity contribution in [2.75, 3.05) is 6.54 Å². The number of aliphatic hydroxyl groups is 1. The summed E-state index contributed by atoms with van der Waals surface area (Å²) >= 11 is 0. The number of hydrogen-bond donors (Lipinski definition) is 1. The first-order valence-electron chi connectivity index (χ1n) is 7.65. The molecule has 4 nitrogen and oxygen atoms in total. The number of likely N-dealkylation sites (tertiary alicyclic amines) is 1. The number of hydrogen-bond acceptors (Lipinski definition) is 3. The quantitative estimate of drug-likeness (QED) is 0.888. The van der Waals surface area contributed by atoms with E-state index in [4.69, 9.17) is 4.98 Å². The molecule has 2 aliphatic rings. The third-order valence-electron chi connectivity index (χ3n) is 4.55. The summed E-state index contributed by atoms with van der Waals surface area (Å²) in [6.45, 7) is 6.65. The molecule has 3 heterocycles. The fourth-order valence-corrected chi connectivity index (χ4v) is 3.48. The highest BCUT2D eigenvalue weighted by Crippen LogP contribution is 2.32. The molecule has 106 valence electrons. The lowest BCUT2D eigenvalue weighted by Gasteiger charge is -2.37. The third-order valence-corrected chi connectivity index (χ3v) is 4.55. The van der Waals surface area contributed by atoms with Crippen LogP contribution >= 0.6 is 0 Å².